The van der Waals surface area contributed by atoms with Crippen LogP contribution in [-0.4, -0.2) is 59.7 Å². The molecule has 0 radical (unpaired) electrons. The lowest BCUT2D eigenvalue weighted by Gasteiger charge is -2.22. The minimum absolute atomic E-state index is 0.205. The molecule has 0 aromatic heterocycles. The summed E-state index contributed by atoms with van der Waals surface area (Å²) in [5.41, 5.74) is 2.18. The number of hydrogen-bond acceptors (Lipinski definition) is 4. The molecule has 4 rings (SSSR count). The van der Waals surface area contributed by atoms with Crippen LogP contribution < -0.4 is 5.32 Å². The van der Waals surface area contributed by atoms with E-state index in [0.29, 0.717) is 42.2 Å². The van der Waals surface area contributed by atoms with E-state index in [0.717, 1.165) is 31.5 Å². The molecule has 1 N–H and O–H groups in total. The number of benzene rings is 2. The number of carbonyl (C=O) groups is 3. The van der Waals surface area contributed by atoms with Crippen LogP contribution in [0.15, 0.2) is 48.5 Å². The van der Waals surface area contributed by atoms with Crippen molar-refractivity contribution in [1.29, 1.82) is 0 Å². The number of carbonyl (C=O) groups excluding carboxylic acids is 3. The van der Waals surface area contributed by atoms with Crippen LogP contribution >= 0.6 is 0 Å². The van der Waals surface area contributed by atoms with Gasteiger partial charge in [-0.15, -0.1) is 0 Å². The van der Waals surface area contributed by atoms with Gasteiger partial charge in [-0.05, 0) is 56.1 Å². The Bertz CT molecular complexity index is 957. The Labute approximate surface area is 176 Å². The second-order valence-electron chi connectivity index (χ2n) is 7.89. The van der Waals surface area contributed by atoms with E-state index in [2.05, 4.69) is 17.1 Å². The van der Waals surface area contributed by atoms with Crippen LogP contribution in [0.3, 0.4) is 0 Å². The van der Waals surface area contributed by atoms with Crippen LogP contribution in [0.5, 0.6) is 0 Å². The van der Waals surface area contributed by atoms with Crippen molar-refractivity contribution < 1.29 is 14.4 Å². The Hall–Kier alpha value is -2.99. The van der Waals surface area contributed by atoms with Crippen molar-refractivity contribution >= 4 is 17.7 Å². The zero-order valence-corrected chi connectivity index (χ0v) is 17.3. The van der Waals surface area contributed by atoms with Gasteiger partial charge in [0.25, 0.3) is 17.7 Å². The average Bonchev–Trinajstić information content (AvgIpc) is 3.33. The molecule has 0 bridgehead atoms. The van der Waals surface area contributed by atoms with Crippen molar-refractivity contribution in [3.8, 4) is 0 Å². The molecule has 1 fully saturated rings. The van der Waals surface area contributed by atoms with Gasteiger partial charge >= 0.3 is 0 Å². The fraction of sp³-hybridized carbons (Fsp3) is 0.375. The molecule has 2 aromatic rings. The highest BCUT2D eigenvalue weighted by Crippen LogP contribution is 2.24. The Morgan fingerprint density at radius 1 is 1.07 bits per heavy atom. The van der Waals surface area contributed by atoms with Crippen molar-refractivity contribution in [2.75, 3.05) is 26.2 Å². The number of fused-ring (bicyclic) bond motifs is 1. The second-order valence-corrected chi connectivity index (χ2v) is 7.89. The molecule has 0 saturated carbocycles. The summed E-state index contributed by atoms with van der Waals surface area (Å²) in [5.74, 6) is -0.820. The van der Waals surface area contributed by atoms with Gasteiger partial charge in [0.2, 0.25) is 0 Å². The molecule has 30 heavy (non-hydrogen) atoms. The lowest BCUT2D eigenvalue weighted by molar-refractivity contribution is 0.0656. The Kier molecular flexibility index (Phi) is 5.95. The normalized spacial score (nSPS) is 18.7. The summed E-state index contributed by atoms with van der Waals surface area (Å²) in [6.07, 6.45) is 2.85. The van der Waals surface area contributed by atoms with Crippen LogP contribution in [0.2, 0.25) is 0 Å². The standard InChI is InChI=1S/C24H27N3O3/c1-2-26-13-6-9-19(26)16-25-22(28)18-10-11-20-21(15-18)24(30)27(23(20)29)14-12-17-7-4-3-5-8-17/h3-5,7-8,10-11,15,19H,2,6,9,12-14,16H2,1H3,(H,25,28). The van der Waals surface area contributed by atoms with Crippen LogP contribution in [0.4, 0.5) is 0 Å². The molecule has 0 spiro atoms. The number of imide groups is 1. The maximum Gasteiger partial charge on any atom is 0.261 e. The maximum absolute atomic E-state index is 12.8. The van der Waals surface area contributed by atoms with Crippen LogP contribution in [0.25, 0.3) is 0 Å². The zero-order valence-electron chi connectivity index (χ0n) is 17.3. The first-order chi connectivity index (χ1) is 14.6. The van der Waals surface area contributed by atoms with E-state index in [1.165, 1.54) is 4.90 Å². The van der Waals surface area contributed by atoms with E-state index < -0.39 is 0 Å². The summed E-state index contributed by atoms with van der Waals surface area (Å²) in [5, 5.41) is 2.99. The van der Waals surface area contributed by atoms with Gasteiger partial charge in [-0.25, -0.2) is 0 Å². The number of rotatable bonds is 7. The number of nitrogens with one attached hydrogen (secondary N) is 1. The van der Waals surface area contributed by atoms with E-state index >= 15 is 0 Å². The Balaban J connectivity index is 1.41. The van der Waals surface area contributed by atoms with Crippen LogP contribution in [-0.2, 0) is 6.42 Å². The molecule has 6 heteroatoms. The Morgan fingerprint density at radius 3 is 2.60 bits per heavy atom. The first-order valence-electron chi connectivity index (χ1n) is 10.6. The van der Waals surface area contributed by atoms with Gasteiger partial charge in [0.05, 0.1) is 11.1 Å². The first-order valence-corrected chi connectivity index (χ1v) is 10.6. The molecular weight excluding hydrogens is 378 g/mol. The fourth-order valence-electron chi connectivity index (χ4n) is 4.38. The Morgan fingerprint density at radius 2 is 1.83 bits per heavy atom. The quantitative estimate of drug-likeness (QED) is 0.719. The first kappa shape index (κ1) is 20.3. The summed E-state index contributed by atoms with van der Waals surface area (Å²) in [6, 6.07) is 14.9. The highest BCUT2D eigenvalue weighted by molar-refractivity contribution is 6.22. The molecule has 1 atom stereocenters. The minimum atomic E-state index is -0.325. The van der Waals surface area contributed by atoms with E-state index in [-0.39, 0.29) is 17.7 Å². The van der Waals surface area contributed by atoms with Gasteiger partial charge < -0.3 is 5.32 Å². The summed E-state index contributed by atoms with van der Waals surface area (Å²) < 4.78 is 0. The van der Waals surface area contributed by atoms with Crippen LogP contribution in [0.1, 0.15) is 56.4 Å². The van der Waals surface area contributed by atoms with Crippen molar-refractivity contribution in [2.24, 2.45) is 0 Å². The SMILES string of the molecule is CCN1CCCC1CNC(=O)c1ccc2c(c1)C(=O)N(CCc1ccccc1)C2=O. The molecule has 156 valence electrons. The van der Waals surface area contributed by atoms with Gasteiger partial charge in [-0.2, -0.15) is 0 Å². The van der Waals surface area contributed by atoms with E-state index in [1.54, 1.807) is 18.2 Å². The number of hydrogen-bond donors (Lipinski definition) is 1. The molecule has 2 aromatic carbocycles. The summed E-state index contributed by atoms with van der Waals surface area (Å²) in [4.78, 5) is 41.8. The van der Waals surface area contributed by atoms with Gasteiger partial charge in [-0.1, -0.05) is 37.3 Å². The predicted octanol–water partition coefficient (Wildman–Crippen LogP) is 2.74. The minimum Gasteiger partial charge on any atom is -0.350 e. The highest BCUT2D eigenvalue weighted by atomic mass is 16.2. The monoisotopic (exact) mass is 405 g/mol. The third-order valence-electron chi connectivity index (χ3n) is 6.10. The highest BCUT2D eigenvalue weighted by Gasteiger charge is 2.35. The molecule has 3 amide bonds. The summed E-state index contributed by atoms with van der Waals surface area (Å²) >= 11 is 0. The smallest absolute Gasteiger partial charge is 0.261 e. The topological polar surface area (TPSA) is 69.7 Å². The second kappa shape index (κ2) is 8.79. The maximum atomic E-state index is 12.8. The average molecular weight is 405 g/mol. The van der Waals surface area contributed by atoms with Crippen molar-refractivity contribution in [1.82, 2.24) is 15.1 Å². The molecule has 6 nitrogen and oxygen atoms in total. The number of likely N-dealkylation sites (tertiary alicyclic amines) is 1. The number of amides is 3. The van der Waals surface area contributed by atoms with Crippen LogP contribution in [0, 0.1) is 0 Å². The molecule has 2 aliphatic heterocycles. The molecule has 1 saturated heterocycles. The number of nitrogens with zero attached hydrogens (tertiary/aromatic N) is 2. The third-order valence-corrected chi connectivity index (χ3v) is 6.10. The zero-order chi connectivity index (χ0) is 21.1. The summed E-state index contributed by atoms with van der Waals surface area (Å²) in [6.45, 7) is 5.11. The molecule has 2 aliphatic rings. The molecular formula is C24H27N3O3. The van der Waals surface area contributed by atoms with Gasteiger partial charge in [0.1, 0.15) is 0 Å². The lowest BCUT2D eigenvalue weighted by Crippen LogP contribution is -2.40. The molecule has 1 unspecified atom stereocenters. The largest absolute Gasteiger partial charge is 0.350 e. The number of likely N-dealkylation sites (N-methyl/N-ethyl adjacent to an activating group) is 1. The van der Waals surface area contributed by atoms with E-state index in [4.69, 9.17) is 0 Å². The predicted molar refractivity (Wildman–Crippen MR) is 115 cm³/mol. The van der Waals surface area contributed by atoms with Gasteiger partial charge in [-0.3, -0.25) is 24.2 Å². The lowest BCUT2D eigenvalue weighted by atomic mass is 10.1. The van der Waals surface area contributed by atoms with Gasteiger partial charge in [0.15, 0.2) is 0 Å². The van der Waals surface area contributed by atoms with Crippen molar-refractivity contribution in [3.05, 3.63) is 70.8 Å². The van der Waals surface area contributed by atoms with Crippen molar-refractivity contribution in [3.63, 3.8) is 0 Å². The summed E-state index contributed by atoms with van der Waals surface area (Å²) in [7, 11) is 0. The van der Waals surface area contributed by atoms with Gasteiger partial charge in [0, 0.05) is 24.7 Å². The van der Waals surface area contributed by atoms with E-state index in [9.17, 15) is 14.4 Å². The molecule has 0 aliphatic carbocycles. The molecule has 2 heterocycles. The van der Waals surface area contributed by atoms with E-state index in [1.807, 2.05) is 30.3 Å². The fourth-order valence-corrected chi connectivity index (χ4v) is 4.38. The third kappa shape index (κ3) is 4.00. The van der Waals surface area contributed by atoms with Crippen molar-refractivity contribution in [2.45, 2.75) is 32.2 Å².